The van der Waals surface area contributed by atoms with Gasteiger partial charge in [0, 0.05) is 5.39 Å². The molecule has 1 heteroatoms. The minimum Gasteiger partial charge on any atom is -0.464 e. The van der Waals surface area contributed by atoms with Crippen LogP contribution >= 0.6 is 0 Å². The zero-order chi connectivity index (χ0) is 6.97. The molecule has 0 amide bonds. The smallest absolute Gasteiger partial charge is 0.134 e. The Hall–Kier alpha value is -1.24. The molecule has 0 bridgehead atoms. The molecule has 0 aliphatic carbocycles. The summed E-state index contributed by atoms with van der Waals surface area (Å²) in [6, 6.07) is 7.84. The van der Waals surface area contributed by atoms with Gasteiger partial charge in [0.1, 0.15) is 5.58 Å². The molecule has 2 rings (SSSR count). The zero-order valence-electron chi connectivity index (χ0n) is 5.50. The highest BCUT2D eigenvalue weighted by Gasteiger charge is 1.93. The number of rotatable bonds is 0. The highest BCUT2D eigenvalue weighted by atomic mass is 16.3. The van der Waals surface area contributed by atoms with Gasteiger partial charge in [-0.05, 0) is 24.6 Å². The summed E-state index contributed by atoms with van der Waals surface area (Å²) >= 11 is 0. The third-order valence-corrected chi connectivity index (χ3v) is 1.52. The molecule has 1 nitrogen and oxygen atoms in total. The molecule has 10 heavy (non-hydrogen) atoms. The maximum atomic E-state index is 5.16. The van der Waals surface area contributed by atoms with Crippen molar-refractivity contribution in [1.82, 2.24) is 0 Å². The summed E-state index contributed by atoms with van der Waals surface area (Å²) in [4.78, 5) is 0. The van der Waals surface area contributed by atoms with Gasteiger partial charge in [-0.3, -0.25) is 0 Å². The second-order valence-corrected chi connectivity index (χ2v) is 2.29. The fourth-order valence-corrected chi connectivity index (χ4v) is 0.999. The maximum absolute atomic E-state index is 5.16. The summed E-state index contributed by atoms with van der Waals surface area (Å²) < 4.78 is 5.16. The Morgan fingerprint density at radius 1 is 1.20 bits per heavy atom. The summed E-state index contributed by atoms with van der Waals surface area (Å²) in [5.41, 5.74) is 1.90. The van der Waals surface area contributed by atoms with Crippen LogP contribution in [0.5, 0.6) is 0 Å². The van der Waals surface area contributed by atoms with Gasteiger partial charge in [-0.25, -0.2) is 0 Å². The van der Waals surface area contributed by atoms with Gasteiger partial charge in [-0.2, -0.15) is 0 Å². The summed E-state index contributed by atoms with van der Waals surface area (Å²) in [6.45, 7) is 3.79. The van der Waals surface area contributed by atoms with Crippen molar-refractivity contribution in [2.45, 2.75) is 0 Å². The molecule has 2 aromatic rings. The van der Waals surface area contributed by atoms with Crippen LogP contribution in [0.1, 0.15) is 5.56 Å². The minimum atomic E-state index is 0.910. The van der Waals surface area contributed by atoms with Crippen molar-refractivity contribution in [1.29, 1.82) is 0 Å². The van der Waals surface area contributed by atoms with Crippen LogP contribution in [0.25, 0.3) is 11.0 Å². The lowest BCUT2D eigenvalue weighted by Crippen LogP contribution is -1.67. The van der Waals surface area contributed by atoms with Gasteiger partial charge in [0.25, 0.3) is 0 Å². The number of hydrogen-bond donors (Lipinski definition) is 0. The lowest BCUT2D eigenvalue weighted by atomic mass is 10.2. The maximum Gasteiger partial charge on any atom is 0.134 e. The standard InChI is InChI=1S/C9H7O/c1-7-2-3-8-4-5-10-9(8)6-7/h2-6H,1H2. The molecule has 0 fully saturated rings. The molecular weight excluding hydrogens is 124 g/mol. The number of benzene rings is 1. The fraction of sp³-hybridized carbons (Fsp3) is 0. The topological polar surface area (TPSA) is 13.1 Å². The van der Waals surface area contributed by atoms with Crippen LogP contribution in [0.3, 0.4) is 0 Å². The van der Waals surface area contributed by atoms with Gasteiger partial charge in [-0.1, -0.05) is 12.1 Å². The first-order valence-electron chi connectivity index (χ1n) is 3.15. The molecule has 1 aromatic heterocycles. The van der Waals surface area contributed by atoms with Gasteiger partial charge in [-0.15, -0.1) is 0 Å². The predicted molar refractivity (Wildman–Crippen MR) is 40.7 cm³/mol. The minimum absolute atomic E-state index is 0.910. The van der Waals surface area contributed by atoms with Crippen LogP contribution in [0, 0.1) is 6.92 Å². The molecule has 0 aliphatic rings. The summed E-state index contributed by atoms with van der Waals surface area (Å²) in [5.74, 6) is 0. The van der Waals surface area contributed by atoms with Crippen LogP contribution in [0.2, 0.25) is 0 Å². The van der Waals surface area contributed by atoms with E-state index in [1.807, 2.05) is 24.3 Å². The third kappa shape index (κ3) is 0.711. The first-order valence-corrected chi connectivity index (χ1v) is 3.15. The molecule has 0 atom stereocenters. The van der Waals surface area contributed by atoms with Crippen LogP contribution in [0.4, 0.5) is 0 Å². The van der Waals surface area contributed by atoms with Crippen molar-refractivity contribution >= 4 is 11.0 Å². The molecule has 0 unspecified atom stereocenters. The zero-order valence-corrected chi connectivity index (χ0v) is 5.50. The number of hydrogen-bond acceptors (Lipinski definition) is 1. The Kier molecular flexibility index (Phi) is 1.04. The molecule has 1 heterocycles. The van der Waals surface area contributed by atoms with Crippen molar-refractivity contribution in [3.63, 3.8) is 0 Å². The van der Waals surface area contributed by atoms with E-state index < -0.39 is 0 Å². The normalized spacial score (nSPS) is 10.5. The molecule has 0 N–H and O–H groups in total. The van der Waals surface area contributed by atoms with Gasteiger partial charge >= 0.3 is 0 Å². The van der Waals surface area contributed by atoms with E-state index in [4.69, 9.17) is 4.42 Å². The van der Waals surface area contributed by atoms with Crippen LogP contribution < -0.4 is 0 Å². The second-order valence-electron chi connectivity index (χ2n) is 2.29. The molecular formula is C9H7O. The quantitative estimate of drug-likeness (QED) is 0.535. The SMILES string of the molecule is [CH2]c1ccc2ccoc2c1. The highest BCUT2D eigenvalue weighted by Crippen LogP contribution is 2.15. The average Bonchev–Trinajstić information content (AvgIpc) is 2.33. The van der Waals surface area contributed by atoms with E-state index in [0.717, 1.165) is 16.5 Å². The van der Waals surface area contributed by atoms with Crippen LogP contribution in [-0.4, -0.2) is 0 Å². The van der Waals surface area contributed by atoms with Crippen LogP contribution in [-0.2, 0) is 0 Å². The van der Waals surface area contributed by atoms with E-state index in [0.29, 0.717) is 0 Å². The summed E-state index contributed by atoms with van der Waals surface area (Å²) in [5, 5.41) is 1.13. The van der Waals surface area contributed by atoms with E-state index >= 15 is 0 Å². The van der Waals surface area contributed by atoms with Crippen molar-refractivity contribution in [2.24, 2.45) is 0 Å². The molecule has 0 saturated carbocycles. The summed E-state index contributed by atoms with van der Waals surface area (Å²) in [7, 11) is 0. The van der Waals surface area contributed by atoms with Crippen LogP contribution in [0.15, 0.2) is 34.9 Å². The van der Waals surface area contributed by atoms with Gasteiger partial charge < -0.3 is 4.42 Å². The molecule has 1 aromatic carbocycles. The largest absolute Gasteiger partial charge is 0.464 e. The van der Waals surface area contributed by atoms with E-state index in [1.54, 1.807) is 6.26 Å². The molecule has 0 spiro atoms. The van der Waals surface area contributed by atoms with Gasteiger partial charge in [0.15, 0.2) is 0 Å². The molecule has 0 saturated heterocycles. The Balaban J connectivity index is 2.86. The van der Waals surface area contributed by atoms with E-state index in [-0.39, 0.29) is 0 Å². The van der Waals surface area contributed by atoms with Crippen molar-refractivity contribution < 1.29 is 4.42 Å². The third-order valence-electron chi connectivity index (χ3n) is 1.52. The lowest BCUT2D eigenvalue weighted by molar-refractivity contribution is 0.616. The second kappa shape index (κ2) is 1.87. The van der Waals surface area contributed by atoms with Gasteiger partial charge in [0.05, 0.1) is 6.26 Å². The first kappa shape index (κ1) is 5.54. The Morgan fingerprint density at radius 3 is 3.00 bits per heavy atom. The highest BCUT2D eigenvalue weighted by molar-refractivity contribution is 5.77. The Morgan fingerprint density at radius 2 is 2.10 bits per heavy atom. The molecule has 1 radical (unpaired) electrons. The first-order chi connectivity index (χ1) is 4.86. The fourth-order valence-electron chi connectivity index (χ4n) is 0.999. The molecule has 0 aliphatic heterocycles. The summed E-state index contributed by atoms with van der Waals surface area (Å²) in [6.07, 6.45) is 1.68. The Labute approximate surface area is 59.3 Å². The van der Waals surface area contributed by atoms with Crippen molar-refractivity contribution in [3.8, 4) is 0 Å². The van der Waals surface area contributed by atoms with Gasteiger partial charge in [0.2, 0.25) is 0 Å². The predicted octanol–water partition coefficient (Wildman–Crippen LogP) is 2.61. The number of furan rings is 1. The van der Waals surface area contributed by atoms with Crippen molar-refractivity contribution in [3.05, 3.63) is 43.0 Å². The van der Waals surface area contributed by atoms with E-state index in [2.05, 4.69) is 6.92 Å². The lowest BCUT2D eigenvalue weighted by Gasteiger charge is -1.88. The average molecular weight is 131 g/mol. The Bertz CT molecular complexity index is 346. The van der Waals surface area contributed by atoms with Crippen molar-refractivity contribution in [2.75, 3.05) is 0 Å². The van der Waals surface area contributed by atoms with E-state index in [1.165, 1.54) is 0 Å². The monoisotopic (exact) mass is 131 g/mol. The van der Waals surface area contributed by atoms with E-state index in [9.17, 15) is 0 Å². The molecule has 49 valence electrons. The number of fused-ring (bicyclic) bond motifs is 1.